The lowest BCUT2D eigenvalue weighted by Crippen LogP contribution is -2.16. The third-order valence-corrected chi connectivity index (χ3v) is 4.52. The van der Waals surface area contributed by atoms with Crippen LogP contribution in [0, 0.1) is 0 Å². The minimum atomic E-state index is -1.12. The topological polar surface area (TPSA) is 66.4 Å². The number of rotatable bonds is 6. The molecule has 0 spiro atoms. The van der Waals surface area contributed by atoms with Crippen molar-refractivity contribution in [1.29, 1.82) is 0 Å². The summed E-state index contributed by atoms with van der Waals surface area (Å²) < 4.78 is 0. The number of carboxylic acid groups (broad SMARTS) is 1. The average Bonchev–Trinajstić information content (AvgIpc) is 2.49. The molecular formula is C16H13Cl2NO3S. The van der Waals surface area contributed by atoms with Crippen molar-refractivity contribution in [3.63, 3.8) is 0 Å². The Morgan fingerprint density at radius 1 is 1.13 bits per heavy atom. The van der Waals surface area contributed by atoms with Crippen molar-refractivity contribution in [1.82, 2.24) is 0 Å². The normalized spacial score (nSPS) is 10.3. The fourth-order valence-corrected chi connectivity index (χ4v) is 3.15. The van der Waals surface area contributed by atoms with Crippen LogP contribution in [-0.2, 0) is 10.5 Å². The second-order valence-corrected chi connectivity index (χ2v) is 6.46. The Bertz CT molecular complexity index is 737. The highest BCUT2D eigenvalue weighted by Crippen LogP contribution is 2.23. The quantitative estimate of drug-likeness (QED) is 0.782. The van der Waals surface area contributed by atoms with Crippen molar-refractivity contribution >= 4 is 52.5 Å². The van der Waals surface area contributed by atoms with Gasteiger partial charge in [0.1, 0.15) is 0 Å². The lowest BCUT2D eigenvalue weighted by molar-refractivity contribution is -0.113. The summed E-state index contributed by atoms with van der Waals surface area (Å²) in [5, 5.41) is 12.7. The van der Waals surface area contributed by atoms with Crippen LogP contribution < -0.4 is 5.32 Å². The van der Waals surface area contributed by atoms with Gasteiger partial charge in [0.05, 0.1) is 17.0 Å². The standard InChI is InChI=1S/C16H13Cl2NO3S/c17-11-5-6-12(16(21)22)14(7-11)19-15(20)9-23-8-10-3-1-2-4-13(10)18/h1-7H,8-9H2,(H,19,20)(H,21,22). The summed E-state index contributed by atoms with van der Waals surface area (Å²) in [6.45, 7) is 0. The van der Waals surface area contributed by atoms with Gasteiger partial charge in [-0.05, 0) is 29.8 Å². The van der Waals surface area contributed by atoms with E-state index in [0.29, 0.717) is 15.8 Å². The smallest absolute Gasteiger partial charge is 0.337 e. The third-order valence-electron chi connectivity index (χ3n) is 2.93. The van der Waals surface area contributed by atoms with Crippen molar-refractivity contribution in [3.05, 3.63) is 63.6 Å². The molecule has 0 radical (unpaired) electrons. The number of hydrogen-bond donors (Lipinski definition) is 2. The second-order valence-electron chi connectivity index (χ2n) is 4.63. The van der Waals surface area contributed by atoms with E-state index in [1.807, 2.05) is 18.2 Å². The lowest BCUT2D eigenvalue weighted by atomic mass is 10.2. The van der Waals surface area contributed by atoms with Crippen molar-refractivity contribution in [3.8, 4) is 0 Å². The molecule has 0 aliphatic heterocycles. The molecule has 0 aliphatic carbocycles. The Labute approximate surface area is 147 Å². The van der Waals surface area contributed by atoms with Crippen LogP contribution in [0.2, 0.25) is 10.0 Å². The maximum atomic E-state index is 12.0. The molecule has 4 nitrogen and oxygen atoms in total. The zero-order valence-electron chi connectivity index (χ0n) is 11.9. The van der Waals surface area contributed by atoms with Gasteiger partial charge in [-0.3, -0.25) is 4.79 Å². The number of thioether (sulfide) groups is 1. The van der Waals surface area contributed by atoms with Crippen LogP contribution >= 0.6 is 35.0 Å². The number of amides is 1. The van der Waals surface area contributed by atoms with E-state index in [1.54, 1.807) is 6.07 Å². The SMILES string of the molecule is O=C(CSCc1ccccc1Cl)Nc1cc(Cl)ccc1C(=O)O. The molecule has 0 saturated heterocycles. The molecule has 0 saturated carbocycles. The Morgan fingerprint density at radius 2 is 1.87 bits per heavy atom. The van der Waals surface area contributed by atoms with Crippen LogP contribution in [0.15, 0.2) is 42.5 Å². The summed E-state index contributed by atoms with van der Waals surface area (Å²) in [4.78, 5) is 23.1. The van der Waals surface area contributed by atoms with Crippen LogP contribution in [0.5, 0.6) is 0 Å². The molecule has 2 aromatic rings. The zero-order chi connectivity index (χ0) is 16.8. The van der Waals surface area contributed by atoms with Crippen LogP contribution in [0.1, 0.15) is 15.9 Å². The molecule has 2 N–H and O–H groups in total. The number of carboxylic acids is 1. The first kappa shape index (κ1) is 17.7. The molecule has 2 rings (SSSR count). The van der Waals surface area contributed by atoms with Gasteiger partial charge in [-0.25, -0.2) is 4.79 Å². The highest BCUT2D eigenvalue weighted by molar-refractivity contribution is 7.99. The molecular weight excluding hydrogens is 357 g/mol. The van der Waals surface area contributed by atoms with Crippen molar-refractivity contribution in [2.75, 3.05) is 11.1 Å². The van der Waals surface area contributed by atoms with E-state index in [1.165, 1.54) is 30.0 Å². The first-order valence-electron chi connectivity index (χ1n) is 6.61. The highest BCUT2D eigenvalue weighted by atomic mass is 35.5. The molecule has 0 fully saturated rings. The van der Waals surface area contributed by atoms with Gasteiger partial charge in [0.25, 0.3) is 0 Å². The fraction of sp³-hybridized carbons (Fsp3) is 0.125. The summed E-state index contributed by atoms with van der Waals surface area (Å²) in [6.07, 6.45) is 0. The average molecular weight is 370 g/mol. The molecule has 0 bridgehead atoms. The lowest BCUT2D eigenvalue weighted by Gasteiger charge is -2.09. The largest absolute Gasteiger partial charge is 0.478 e. The van der Waals surface area contributed by atoms with Gasteiger partial charge in [0.15, 0.2) is 0 Å². The van der Waals surface area contributed by atoms with E-state index in [-0.39, 0.29) is 22.9 Å². The number of hydrogen-bond acceptors (Lipinski definition) is 3. The predicted molar refractivity (Wildman–Crippen MR) is 94.7 cm³/mol. The second kappa shape index (κ2) is 8.24. The Kier molecular flexibility index (Phi) is 6.33. The monoisotopic (exact) mass is 369 g/mol. The number of anilines is 1. The molecule has 0 atom stereocenters. The van der Waals surface area contributed by atoms with E-state index >= 15 is 0 Å². The number of halogens is 2. The minimum Gasteiger partial charge on any atom is -0.478 e. The predicted octanol–water partition coefficient (Wildman–Crippen LogP) is 4.56. The van der Waals surface area contributed by atoms with Crippen LogP contribution in [0.4, 0.5) is 5.69 Å². The van der Waals surface area contributed by atoms with Gasteiger partial charge in [-0.2, -0.15) is 0 Å². The molecule has 0 heterocycles. The van der Waals surface area contributed by atoms with E-state index in [4.69, 9.17) is 28.3 Å². The molecule has 2 aromatic carbocycles. The van der Waals surface area contributed by atoms with Crippen LogP contribution in [-0.4, -0.2) is 22.7 Å². The Hall–Kier alpha value is -1.69. The molecule has 120 valence electrons. The first-order valence-corrected chi connectivity index (χ1v) is 8.52. The van der Waals surface area contributed by atoms with E-state index in [0.717, 1.165) is 5.56 Å². The van der Waals surface area contributed by atoms with Gasteiger partial charge in [0.2, 0.25) is 5.91 Å². The molecule has 0 aliphatic rings. The van der Waals surface area contributed by atoms with Gasteiger partial charge in [0, 0.05) is 15.8 Å². The summed E-state index contributed by atoms with van der Waals surface area (Å²) >= 11 is 13.3. The van der Waals surface area contributed by atoms with Crippen molar-refractivity contribution in [2.24, 2.45) is 0 Å². The molecule has 23 heavy (non-hydrogen) atoms. The molecule has 1 amide bonds. The van der Waals surface area contributed by atoms with E-state index in [9.17, 15) is 9.59 Å². The minimum absolute atomic E-state index is 0.00106. The third kappa shape index (κ3) is 5.16. The van der Waals surface area contributed by atoms with Crippen LogP contribution in [0.25, 0.3) is 0 Å². The van der Waals surface area contributed by atoms with Crippen LogP contribution in [0.3, 0.4) is 0 Å². The summed E-state index contributed by atoms with van der Waals surface area (Å²) in [5.74, 6) is -0.655. The maximum absolute atomic E-state index is 12.0. The highest BCUT2D eigenvalue weighted by Gasteiger charge is 2.13. The van der Waals surface area contributed by atoms with Crippen molar-refractivity contribution in [2.45, 2.75) is 5.75 Å². The maximum Gasteiger partial charge on any atom is 0.337 e. The van der Waals surface area contributed by atoms with E-state index in [2.05, 4.69) is 5.32 Å². The summed E-state index contributed by atoms with van der Waals surface area (Å²) in [5.41, 5.74) is 1.13. The van der Waals surface area contributed by atoms with Gasteiger partial charge in [-0.15, -0.1) is 11.8 Å². The van der Waals surface area contributed by atoms with E-state index < -0.39 is 5.97 Å². The number of benzene rings is 2. The zero-order valence-corrected chi connectivity index (χ0v) is 14.2. The number of carbonyl (C=O) groups excluding carboxylic acids is 1. The van der Waals surface area contributed by atoms with Gasteiger partial charge in [-0.1, -0.05) is 41.4 Å². The number of aromatic carboxylic acids is 1. The first-order chi connectivity index (χ1) is 11.0. The Balaban J connectivity index is 1.94. The number of nitrogens with one attached hydrogen (secondary N) is 1. The molecule has 7 heteroatoms. The summed E-state index contributed by atoms with van der Waals surface area (Å²) in [7, 11) is 0. The Morgan fingerprint density at radius 3 is 2.57 bits per heavy atom. The number of carbonyl (C=O) groups is 2. The summed E-state index contributed by atoms with van der Waals surface area (Å²) in [6, 6.07) is 11.7. The van der Waals surface area contributed by atoms with Crippen molar-refractivity contribution < 1.29 is 14.7 Å². The molecule has 0 aromatic heterocycles. The fourth-order valence-electron chi connectivity index (χ4n) is 1.86. The van der Waals surface area contributed by atoms with Gasteiger partial charge >= 0.3 is 5.97 Å². The molecule has 0 unspecified atom stereocenters. The van der Waals surface area contributed by atoms with Gasteiger partial charge < -0.3 is 10.4 Å².